The predicted octanol–water partition coefficient (Wildman–Crippen LogP) is 0.867. The van der Waals surface area contributed by atoms with Gasteiger partial charge in [0.05, 0.1) is 19.2 Å². The van der Waals surface area contributed by atoms with Crippen molar-refractivity contribution in [3.05, 3.63) is 16.1 Å². The minimum atomic E-state index is -0.284. The number of likely N-dealkylation sites (tertiary alicyclic amines) is 1. The maximum atomic E-state index is 12.1. The van der Waals surface area contributed by atoms with E-state index in [9.17, 15) is 9.90 Å². The smallest absolute Gasteiger partial charge is 0.236 e. The first-order valence-electron chi connectivity index (χ1n) is 6.60. The second kappa shape index (κ2) is 6.45. The molecule has 1 saturated heterocycles. The van der Waals surface area contributed by atoms with Crippen molar-refractivity contribution in [2.45, 2.75) is 32.4 Å². The molecule has 1 fully saturated rings. The van der Waals surface area contributed by atoms with Gasteiger partial charge in [-0.05, 0) is 26.3 Å². The standard InChI is InChI=1S/C13H21N3O2S/c1-10-9-19-12(14-10)7-15(2)13(18)8-16-5-3-4-11(17)6-16/h9,11,17H,3-8H2,1-2H3/t11-/m0/s1. The van der Waals surface area contributed by atoms with Gasteiger partial charge in [0.15, 0.2) is 0 Å². The minimum absolute atomic E-state index is 0.0851. The Hall–Kier alpha value is -0.980. The van der Waals surface area contributed by atoms with E-state index < -0.39 is 0 Å². The van der Waals surface area contributed by atoms with Gasteiger partial charge in [0, 0.05) is 24.7 Å². The van der Waals surface area contributed by atoms with Gasteiger partial charge in [-0.25, -0.2) is 4.98 Å². The number of hydrogen-bond acceptors (Lipinski definition) is 5. The molecular weight excluding hydrogens is 262 g/mol. The normalized spacial score (nSPS) is 20.5. The lowest BCUT2D eigenvalue weighted by atomic mass is 10.1. The molecule has 1 aliphatic rings. The SMILES string of the molecule is Cc1csc(CN(C)C(=O)CN2CCC[C@H](O)C2)n1. The van der Waals surface area contributed by atoms with E-state index in [4.69, 9.17) is 0 Å². The first-order chi connectivity index (χ1) is 9.04. The number of likely N-dealkylation sites (N-methyl/N-ethyl adjacent to an activating group) is 1. The van der Waals surface area contributed by atoms with Gasteiger partial charge < -0.3 is 10.0 Å². The number of aryl methyl sites for hydroxylation is 1. The summed E-state index contributed by atoms with van der Waals surface area (Å²) in [6, 6.07) is 0. The summed E-state index contributed by atoms with van der Waals surface area (Å²) in [6.45, 7) is 4.41. The summed E-state index contributed by atoms with van der Waals surface area (Å²) in [4.78, 5) is 20.2. The Bertz CT molecular complexity index is 435. The van der Waals surface area contributed by atoms with E-state index >= 15 is 0 Å². The zero-order valence-electron chi connectivity index (χ0n) is 11.5. The monoisotopic (exact) mass is 283 g/mol. The molecule has 0 aliphatic carbocycles. The number of aliphatic hydroxyl groups is 1. The Balaban J connectivity index is 1.81. The Kier molecular flexibility index (Phi) is 4.90. The number of carbonyl (C=O) groups excluding carboxylic acids is 1. The van der Waals surface area contributed by atoms with Gasteiger partial charge in [-0.2, -0.15) is 0 Å². The Morgan fingerprint density at radius 3 is 3.11 bits per heavy atom. The summed E-state index contributed by atoms with van der Waals surface area (Å²) >= 11 is 1.58. The van der Waals surface area contributed by atoms with Crippen molar-refractivity contribution >= 4 is 17.2 Å². The number of hydrogen-bond donors (Lipinski definition) is 1. The fourth-order valence-corrected chi connectivity index (χ4v) is 3.08. The van der Waals surface area contributed by atoms with Crippen LogP contribution in [0.25, 0.3) is 0 Å². The third-order valence-electron chi connectivity index (χ3n) is 3.30. The van der Waals surface area contributed by atoms with E-state index in [2.05, 4.69) is 4.98 Å². The number of amides is 1. The highest BCUT2D eigenvalue weighted by atomic mass is 32.1. The van der Waals surface area contributed by atoms with Crippen molar-refractivity contribution < 1.29 is 9.90 Å². The average Bonchev–Trinajstić information content (AvgIpc) is 2.74. The summed E-state index contributed by atoms with van der Waals surface area (Å²) in [5.41, 5.74) is 1.00. The molecule has 0 saturated carbocycles. The quantitative estimate of drug-likeness (QED) is 0.891. The molecule has 106 valence electrons. The lowest BCUT2D eigenvalue weighted by Crippen LogP contribution is -2.44. The van der Waals surface area contributed by atoms with Gasteiger partial charge >= 0.3 is 0 Å². The first kappa shape index (κ1) is 14.4. The van der Waals surface area contributed by atoms with Crippen molar-refractivity contribution in [2.75, 3.05) is 26.7 Å². The molecule has 0 unspecified atom stereocenters. The number of aliphatic hydroxyl groups excluding tert-OH is 1. The van der Waals surface area contributed by atoms with Crippen molar-refractivity contribution in [3.8, 4) is 0 Å². The number of thiazole rings is 1. The van der Waals surface area contributed by atoms with E-state index in [1.807, 2.05) is 17.2 Å². The van der Waals surface area contributed by atoms with Crippen molar-refractivity contribution in [1.82, 2.24) is 14.8 Å². The van der Waals surface area contributed by atoms with Gasteiger partial charge in [-0.15, -0.1) is 11.3 Å². The van der Waals surface area contributed by atoms with Crippen molar-refractivity contribution in [3.63, 3.8) is 0 Å². The zero-order chi connectivity index (χ0) is 13.8. The van der Waals surface area contributed by atoms with Crippen molar-refractivity contribution in [2.24, 2.45) is 0 Å². The van der Waals surface area contributed by atoms with Crippen LogP contribution >= 0.6 is 11.3 Å². The topological polar surface area (TPSA) is 56.7 Å². The van der Waals surface area contributed by atoms with Gasteiger partial charge in [-0.1, -0.05) is 0 Å². The predicted molar refractivity (Wildman–Crippen MR) is 75.0 cm³/mol. The molecule has 0 radical (unpaired) electrons. The van der Waals surface area contributed by atoms with E-state index in [1.54, 1.807) is 23.3 Å². The second-order valence-electron chi connectivity index (χ2n) is 5.16. The summed E-state index contributed by atoms with van der Waals surface area (Å²) < 4.78 is 0. The fraction of sp³-hybridized carbons (Fsp3) is 0.692. The Labute approximate surface area is 117 Å². The molecule has 19 heavy (non-hydrogen) atoms. The third-order valence-corrected chi connectivity index (χ3v) is 4.26. The number of β-amino-alcohol motifs (C(OH)–C–C–N with tert-alkyl or cyclic N) is 1. The van der Waals surface area contributed by atoms with Crippen LogP contribution in [0.2, 0.25) is 0 Å². The van der Waals surface area contributed by atoms with E-state index in [0.29, 0.717) is 19.6 Å². The lowest BCUT2D eigenvalue weighted by Gasteiger charge is -2.30. The molecule has 1 amide bonds. The first-order valence-corrected chi connectivity index (χ1v) is 7.48. The van der Waals surface area contributed by atoms with E-state index in [1.165, 1.54) is 0 Å². The molecule has 2 rings (SSSR count). The molecule has 1 atom stereocenters. The molecule has 1 N–H and O–H groups in total. The van der Waals surface area contributed by atoms with Crippen LogP contribution in [-0.4, -0.2) is 58.6 Å². The van der Waals surface area contributed by atoms with Gasteiger partial charge in [-0.3, -0.25) is 9.69 Å². The number of rotatable bonds is 4. The molecule has 2 heterocycles. The lowest BCUT2D eigenvalue weighted by molar-refractivity contribution is -0.132. The molecule has 5 nitrogen and oxygen atoms in total. The zero-order valence-corrected chi connectivity index (χ0v) is 12.3. The van der Waals surface area contributed by atoms with Crippen LogP contribution in [0.15, 0.2) is 5.38 Å². The Morgan fingerprint density at radius 1 is 1.68 bits per heavy atom. The number of piperidine rings is 1. The van der Waals surface area contributed by atoms with Crippen LogP contribution < -0.4 is 0 Å². The molecule has 0 spiro atoms. The molecule has 1 aliphatic heterocycles. The van der Waals surface area contributed by atoms with Crippen LogP contribution in [0, 0.1) is 6.92 Å². The number of aromatic nitrogens is 1. The van der Waals surface area contributed by atoms with Gasteiger partial charge in [0.2, 0.25) is 5.91 Å². The largest absolute Gasteiger partial charge is 0.392 e. The fourth-order valence-electron chi connectivity index (χ4n) is 2.25. The van der Waals surface area contributed by atoms with Gasteiger partial charge in [0.25, 0.3) is 0 Å². The highest BCUT2D eigenvalue weighted by Crippen LogP contribution is 2.12. The van der Waals surface area contributed by atoms with Crippen LogP contribution in [0.5, 0.6) is 0 Å². The highest BCUT2D eigenvalue weighted by molar-refractivity contribution is 7.09. The van der Waals surface area contributed by atoms with E-state index in [-0.39, 0.29) is 12.0 Å². The summed E-state index contributed by atoms with van der Waals surface area (Å²) in [5, 5.41) is 12.6. The average molecular weight is 283 g/mol. The molecule has 1 aromatic heterocycles. The Morgan fingerprint density at radius 2 is 2.47 bits per heavy atom. The van der Waals surface area contributed by atoms with Crippen LogP contribution in [0.4, 0.5) is 0 Å². The molecule has 1 aromatic rings. The van der Waals surface area contributed by atoms with E-state index in [0.717, 1.165) is 30.1 Å². The maximum absolute atomic E-state index is 12.1. The molecule has 0 aromatic carbocycles. The summed E-state index contributed by atoms with van der Waals surface area (Å²) in [6.07, 6.45) is 1.52. The van der Waals surface area contributed by atoms with Crippen LogP contribution in [0.3, 0.4) is 0 Å². The number of carbonyl (C=O) groups is 1. The maximum Gasteiger partial charge on any atom is 0.236 e. The third kappa shape index (κ3) is 4.26. The number of nitrogens with zero attached hydrogens (tertiary/aromatic N) is 3. The summed E-state index contributed by atoms with van der Waals surface area (Å²) in [7, 11) is 1.81. The molecule has 6 heteroatoms. The molecular formula is C13H21N3O2S. The summed E-state index contributed by atoms with van der Waals surface area (Å²) in [5.74, 6) is 0.0851. The van der Waals surface area contributed by atoms with Crippen LogP contribution in [-0.2, 0) is 11.3 Å². The molecule has 0 bridgehead atoms. The van der Waals surface area contributed by atoms with Crippen molar-refractivity contribution in [1.29, 1.82) is 0 Å². The van der Waals surface area contributed by atoms with Crippen LogP contribution in [0.1, 0.15) is 23.5 Å². The second-order valence-corrected chi connectivity index (χ2v) is 6.11. The highest BCUT2D eigenvalue weighted by Gasteiger charge is 2.21. The van der Waals surface area contributed by atoms with Gasteiger partial charge in [0.1, 0.15) is 5.01 Å². The minimum Gasteiger partial charge on any atom is -0.392 e.